The van der Waals surface area contributed by atoms with E-state index >= 15 is 0 Å². The SMILES string of the molecule is COc1ccc([C@@H]2CC(=O)C3=C(C2)NC(C)=C(C(=O)Nc2ccccc2C)[C@@H]3c2ccc3c(c2)OCO3)cc1OC. The van der Waals surface area contributed by atoms with Gasteiger partial charge in [0.15, 0.2) is 28.8 Å². The minimum absolute atomic E-state index is 0.00473. The molecule has 3 aliphatic rings. The third kappa shape index (κ3) is 4.79. The van der Waals surface area contributed by atoms with Gasteiger partial charge in [0.2, 0.25) is 6.79 Å². The van der Waals surface area contributed by atoms with E-state index in [9.17, 15) is 9.59 Å². The van der Waals surface area contributed by atoms with Gasteiger partial charge in [-0.2, -0.15) is 0 Å². The van der Waals surface area contributed by atoms with Crippen molar-refractivity contribution < 1.29 is 28.5 Å². The molecule has 2 atom stereocenters. The Morgan fingerprint density at radius 2 is 1.66 bits per heavy atom. The van der Waals surface area contributed by atoms with Gasteiger partial charge < -0.3 is 29.6 Å². The summed E-state index contributed by atoms with van der Waals surface area (Å²) in [6, 6.07) is 19.1. The smallest absolute Gasteiger partial charge is 0.254 e. The number of rotatable bonds is 6. The molecule has 2 N–H and O–H groups in total. The predicted octanol–water partition coefficient (Wildman–Crippen LogP) is 5.74. The van der Waals surface area contributed by atoms with Crippen molar-refractivity contribution in [2.75, 3.05) is 26.3 Å². The van der Waals surface area contributed by atoms with Crippen molar-refractivity contribution >= 4 is 17.4 Å². The minimum atomic E-state index is -0.566. The summed E-state index contributed by atoms with van der Waals surface area (Å²) in [5.74, 6) is 1.63. The fourth-order valence-corrected chi connectivity index (χ4v) is 6.01. The first-order valence-corrected chi connectivity index (χ1v) is 13.6. The van der Waals surface area contributed by atoms with Gasteiger partial charge in [-0.15, -0.1) is 0 Å². The van der Waals surface area contributed by atoms with Crippen LogP contribution in [0.4, 0.5) is 5.69 Å². The minimum Gasteiger partial charge on any atom is -0.493 e. The number of hydrogen-bond acceptors (Lipinski definition) is 7. The highest BCUT2D eigenvalue weighted by Crippen LogP contribution is 2.48. The Kier molecular flexibility index (Phi) is 6.91. The zero-order valence-electron chi connectivity index (χ0n) is 23.5. The molecule has 0 unspecified atom stereocenters. The molecule has 1 aliphatic carbocycles. The van der Waals surface area contributed by atoms with Crippen LogP contribution in [0.2, 0.25) is 0 Å². The van der Waals surface area contributed by atoms with Crippen molar-refractivity contribution in [1.29, 1.82) is 0 Å². The molecular weight excluding hydrogens is 520 g/mol. The molecule has 8 nitrogen and oxygen atoms in total. The molecule has 0 saturated carbocycles. The summed E-state index contributed by atoms with van der Waals surface area (Å²) in [6.45, 7) is 3.98. The zero-order valence-corrected chi connectivity index (χ0v) is 23.5. The molecule has 2 aliphatic heterocycles. The Morgan fingerprint density at radius 3 is 2.44 bits per heavy atom. The van der Waals surface area contributed by atoms with Crippen LogP contribution in [0.1, 0.15) is 48.3 Å². The number of methoxy groups -OCH3 is 2. The van der Waals surface area contributed by atoms with E-state index in [4.69, 9.17) is 18.9 Å². The molecule has 210 valence electrons. The first kappa shape index (κ1) is 26.5. The summed E-state index contributed by atoms with van der Waals surface area (Å²) >= 11 is 0. The van der Waals surface area contributed by atoms with Crippen LogP contribution >= 0.6 is 0 Å². The Bertz CT molecular complexity index is 1620. The number of dihydropyridines is 1. The number of allylic oxidation sites excluding steroid dienone is 3. The van der Waals surface area contributed by atoms with Crippen molar-refractivity contribution in [1.82, 2.24) is 5.32 Å². The van der Waals surface area contributed by atoms with E-state index in [1.54, 1.807) is 14.2 Å². The van der Waals surface area contributed by atoms with Crippen molar-refractivity contribution in [3.8, 4) is 23.0 Å². The molecule has 0 bridgehead atoms. The number of ketones is 1. The van der Waals surface area contributed by atoms with E-state index in [0.717, 1.165) is 28.1 Å². The molecule has 0 spiro atoms. The lowest BCUT2D eigenvalue weighted by molar-refractivity contribution is -0.116. The molecule has 3 aromatic carbocycles. The second-order valence-electron chi connectivity index (χ2n) is 10.5. The van der Waals surface area contributed by atoms with E-state index in [1.165, 1.54) is 0 Å². The second kappa shape index (κ2) is 10.7. The molecule has 0 saturated heterocycles. The van der Waals surface area contributed by atoms with Crippen LogP contribution in [-0.4, -0.2) is 32.7 Å². The molecule has 41 heavy (non-hydrogen) atoms. The molecular formula is C33H32N2O6. The fraction of sp³-hybridized carbons (Fsp3) is 0.273. The number of hydrogen-bond donors (Lipinski definition) is 2. The lowest BCUT2D eigenvalue weighted by Crippen LogP contribution is -2.37. The van der Waals surface area contributed by atoms with Crippen LogP contribution in [0.3, 0.4) is 0 Å². The number of carbonyl (C=O) groups excluding carboxylic acids is 2. The van der Waals surface area contributed by atoms with Gasteiger partial charge >= 0.3 is 0 Å². The first-order chi connectivity index (χ1) is 19.9. The highest BCUT2D eigenvalue weighted by atomic mass is 16.7. The normalized spacial score (nSPS) is 19.5. The van der Waals surface area contributed by atoms with Crippen LogP contribution < -0.4 is 29.6 Å². The quantitative estimate of drug-likeness (QED) is 0.403. The number of benzene rings is 3. The zero-order chi connectivity index (χ0) is 28.7. The largest absolute Gasteiger partial charge is 0.493 e. The Labute approximate surface area is 238 Å². The molecule has 1 amide bonds. The fourth-order valence-electron chi connectivity index (χ4n) is 6.01. The monoisotopic (exact) mass is 552 g/mol. The maximum Gasteiger partial charge on any atom is 0.254 e. The lowest BCUT2D eigenvalue weighted by atomic mass is 9.71. The highest BCUT2D eigenvalue weighted by molar-refractivity contribution is 6.10. The molecule has 0 fully saturated rings. The third-order valence-corrected chi connectivity index (χ3v) is 8.07. The van der Waals surface area contributed by atoms with E-state index < -0.39 is 5.92 Å². The number of aryl methyl sites for hydroxylation is 1. The standard InChI is InChI=1S/C33H32N2O6/c1-18-7-5-6-8-23(18)35-33(37)30-19(2)34-24-13-22(20-9-11-26(38-3)28(15-20)39-4)14-25(36)32(24)31(30)21-10-12-27-29(16-21)41-17-40-27/h5-12,15-16,22,31,34H,13-14,17H2,1-4H3,(H,35,37)/t22-,31-/m0/s1. The van der Waals surface area contributed by atoms with Crippen molar-refractivity contribution in [2.45, 2.75) is 38.5 Å². The second-order valence-corrected chi connectivity index (χ2v) is 10.5. The average Bonchev–Trinajstić information content (AvgIpc) is 3.45. The summed E-state index contributed by atoms with van der Waals surface area (Å²) in [5, 5.41) is 6.53. The third-order valence-electron chi connectivity index (χ3n) is 8.07. The Hall–Kier alpha value is -4.72. The number of fused-ring (bicyclic) bond motifs is 1. The van der Waals surface area contributed by atoms with Gasteiger partial charge in [0.05, 0.1) is 14.2 Å². The van der Waals surface area contributed by atoms with E-state index in [0.29, 0.717) is 52.7 Å². The van der Waals surface area contributed by atoms with Gasteiger partial charge in [-0.3, -0.25) is 9.59 Å². The van der Waals surface area contributed by atoms with Crippen molar-refractivity contribution in [2.24, 2.45) is 0 Å². The van der Waals surface area contributed by atoms with Crippen LogP contribution in [0.15, 0.2) is 83.2 Å². The predicted molar refractivity (Wildman–Crippen MR) is 155 cm³/mol. The van der Waals surface area contributed by atoms with Gasteiger partial charge in [-0.05, 0) is 73.2 Å². The summed E-state index contributed by atoms with van der Waals surface area (Å²) < 4.78 is 22.1. The Morgan fingerprint density at radius 1 is 0.902 bits per heavy atom. The average molecular weight is 553 g/mol. The van der Waals surface area contributed by atoms with Gasteiger partial charge in [-0.1, -0.05) is 30.3 Å². The molecule has 6 rings (SSSR count). The first-order valence-electron chi connectivity index (χ1n) is 13.6. The molecule has 0 aromatic heterocycles. The summed E-state index contributed by atoms with van der Waals surface area (Å²) in [6.07, 6.45) is 0.921. The number of Topliss-reactive ketones (excluding diaryl/α,β-unsaturated/α-hetero) is 1. The molecule has 8 heteroatoms. The summed E-state index contributed by atoms with van der Waals surface area (Å²) in [4.78, 5) is 28.0. The number of amides is 1. The van der Waals surface area contributed by atoms with Crippen LogP contribution in [-0.2, 0) is 9.59 Å². The van der Waals surface area contributed by atoms with E-state index in [2.05, 4.69) is 10.6 Å². The van der Waals surface area contributed by atoms with Gasteiger partial charge in [0.1, 0.15) is 0 Å². The highest BCUT2D eigenvalue weighted by Gasteiger charge is 2.41. The van der Waals surface area contributed by atoms with Gasteiger partial charge in [-0.25, -0.2) is 0 Å². The number of para-hydroxylation sites is 1. The maximum absolute atomic E-state index is 14.0. The maximum atomic E-state index is 14.0. The Balaban J connectivity index is 1.41. The van der Waals surface area contributed by atoms with Gasteiger partial charge in [0.25, 0.3) is 5.91 Å². The van der Waals surface area contributed by atoms with Crippen LogP contribution in [0, 0.1) is 6.92 Å². The van der Waals surface area contributed by atoms with Gasteiger partial charge in [0, 0.05) is 40.6 Å². The van der Waals surface area contributed by atoms with Crippen molar-refractivity contribution in [3.05, 3.63) is 99.9 Å². The number of carbonyl (C=O) groups is 2. The number of nitrogens with one attached hydrogen (secondary N) is 2. The molecule has 2 heterocycles. The summed E-state index contributed by atoms with van der Waals surface area (Å²) in [5.41, 5.74) is 6.13. The number of ether oxygens (including phenoxy) is 4. The van der Waals surface area contributed by atoms with Crippen LogP contribution in [0.25, 0.3) is 0 Å². The van der Waals surface area contributed by atoms with E-state index in [-0.39, 0.29) is 24.4 Å². The topological polar surface area (TPSA) is 95.1 Å². The van der Waals surface area contributed by atoms with E-state index in [1.807, 2.05) is 74.5 Å². The summed E-state index contributed by atoms with van der Waals surface area (Å²) in [7, 11) is 3.20. The van der Waals surface area contributed by atoms with Crippen LogP contribution in [0.5, 0.6) is 23.0 Å². The molecule has 0 radical (unpaired) electrons. The number of anilines is 1. The van der Waals surface area contributed by atoms with Crippen molar-refractivity contribution in [3.63, 3.8) is 0 Å². The lowest BCUT2D eigenvalue weighted by Gasteiger charge is -2.37. The molecule has 3 aromatic rings.